The molecule has 5 nitrogen and oxygen atoms in total. The molecular formula is C12H12BrN3O2. The molecule has 3 rings (SSSR count). The third-order valence-electron chi connectivity index (χ3n) is 3.00. The number of nitrogens with one attached hydrogen (secondary N) is 2. The molecule has 1 aromatic heterocycles. The van der Waals surface area contributed by atoms with Crippen LogP contribution in [-0.2, 0) is 4.74 Å². The topological polar surface area (TPSA) is 67.0 Å². The van der Waals surface area contributed by atoms with Crippen molar-refractivity contribution in [1.82, 2.24) is 15.5 Å². The second-order valence-electron chi connectivity index (χ2n) is 4.30. The van der Waals surface area contributed by atoms with E-state index in [-0.39, 0.29) is 11.9 Å². The van der Waals surface area contributed by atoms with Gasteiger partial charge in [0.05, 0.1) is 18.2 Å². The maximum absolute atomic E-state index is 12.1. The Hall–Kier alpha value is -1.40. The molecular weight excluding hydrogens is 298 g/mol. The molecule has 0 aliphatic carbocycles. The van der Waals surface area contributed by atoms with E-state index in [1.807, 2.05) is 18.2 Å². The van der Waals surface area contributed by atoms with Crippen molar-refractivity contribution in [2.75, 3.05) is 13.2 Å². The van der Waals surface area contributed by atoms with Gasteiger partial charge >= 0.3 is 0 Å². The lowest BCUT2D eigenvalue weighted by atomic mass is 10.2. The molecule has 1 fully saturated rings. The minimum Gasteiger partial charge on any atom is -0.379 e. The number of carbonyl (C=O) groups excluding carboxylic acids is 1. The summed E-state index contributed by atoms with van der Waals surface area (Å²) in [7, 11) is 0. The van der Waals surface area contributed by atoms with E-state index < -0.39 is 0 Å². The maximum atomic E-state index is 12.1. The number of nitrogens with zero attached hydrogens (tertiary/aromatic N) is 1. The Bertz CT molecular complexity index is 590. The van der Waals surface area contributed by atoms with Crippen LogP contribution in [0.4, 0.5) is 0 Å². The van der Waals surface area contributed by atoms with Crippen LogP contribution in [0.25, 0.3) is 10.9 Å². The molecule has 1 aliphatic heterocycles. The highest BCUT2D eigenvalue weighted by molar-refractivity contribution is 9.10. The standard InChI is InChI=1S/C12H12BrN3O2/c13-7-1-2-10-9(5-7)11(16-15-10)12(17)14-8-3-4-18-6-8/h1-2,5,8H,3-4,6H2,(H,14,17)(H,15,16). The quantitative estimate of drug-likeness (QED) is 0.889. The average molecular weight is 310 g/mol. The molecule has 2 N–H and O–H groups in total. The summed E-state index contributed by atoms with van der Waals surface area (Å²) in [5.74, 6) is -0.158. The van der Waals surface area contributed by atoms with Gasteiger partial charge in [-0.05, 0) is 24.6 Å². The van der Waals surface area contributed by atoms with E-state index in [9.17, 15) is 4.79 Å². The van der Waals surface area contributed by atoms with E-state index in [2.05, 4.69) is 31.4 Å². The van der Waals surface area contributed by atoms with Crippen LogP contribution >= 0.6 is 15.9 Å². The predicted molar refractivity (Wildman–Crippen MR) is 70.5 cm³/mol. The third kappa shape index (κ3) is 2.13. The van der Waals surface area contributed by atoms with Crippen LogP contribution in [-0.4, -0.2) is 35.4 Å². The van der Waals surface area contributed by atoms with Crippen molar-refractivity contribution in [1.29, 1.82) is 0 Å². The zero-order chi connectivity index (χ0) is 12.5. The molecule has 1 atom stereocenters. The van der Waals surface area contributed by atoms with Gasteiger partial charge in [0.1, 0.15) is 0 Å². The number of aromatic amines is 1. The summed E-state index contributed by atoms with van der Waals surface area (Å²) in [4.78, 5) is 12.1. The summed E-state index contributed by atoms with van der Waals surface area (Å²) in [6.45, 7) is 1.29. The van der Waals surface area contributed by atoms with Crippen molar-refractivity contribution < 1.29 is 9.53 Å². The Kier molecular flexibility index (Phi) is 3.05. The third-order valence-corrected chi connectivity index (χ3v) is 3.50. The molecule has 0 radical (unpaired) electrons. The van der Waals surface area contributed by atoms with Crippen molar-refractivity contribution in [2.24, 2.45) is 0 Å². The smallest absolute Gasteiger partial charge is 0.272 e. The van der Waals surface area contributed by atoms with Gasteiger partial charge in [0.15, 0.2) is 5.69 Å². The van der Waals surface area contributed by atoms with E-state index in [0.717, 1.165) is 21.8 Å². The number of rotatable bonds is 2. The van der Waals surface area contributed by atoms with Crippen molar-refractivity contribution in [2.45, 2.75) is 12.5 Å². The van der Waals surface area contributed by atoms with Crippen molar-refractivity contribution >= 4 is 32.7 Å². The molecule has 1 saturated heterocycles. The Morgan fingerprint density at radius 1 is 1.56 bits per heavy atom. The Morgan fingerprint density at radius 3 is 3.22 bits per heavy atom. The Labute approximate surface area is 112 Å². The molecule has 0 saturated carbocycles. The number of hydrogen-bond acceptors (Lipinski definition) is 3. The lowest BCUT2D eigenvalue weighted by molar-refractivity contribution is 0.0926. The van der Waals surface area contributed by atoms with Crippen molar-refractivity contribution in [3.8, 4) is 0 Å². The number of hydrogen-bond donors (Lipinski definition) is 2. The van der Waals surface area contributed by atoms with Gasteiger partial charge in [-0.2, -0.15) is 5.10 Å². The average Bonchev–Trinajstić information content (AvgIpc) is 2.97. The zero-order valence-electron chi connectivity index (χ0n) is 9.57. The number of aromatic nitrogens is 2. The first-order valence-corrected chi connectivity index (χ1v) is 6.55. The predicted octanol–water partition coefficient (Wildman–Crippen LogP) is 1.84. The lowest BCUT2D eigenvalue weighted by Crippen LogP contribution is -2.35. The molecule has 1 aliphatic rings. The number of halogens is 1. The Morgan fingerprint density at radius 2 is 2.44 bits per heavy atom. The van der Waals surface area contributed by atoms with Gasteiger partial charge < -0.3 is 10.1 Å². The highest BCUT2D eigenvalue weighted by atomic mass is 79.9. The van der Waals surface area contributed by atoms with Crippen LogP contribution in [0.1, 0.15) is 16.9 Å². The second kappa shape index (κ2) is 4.70. The monoisotopic (exact) mass is 309 g/mol. The van der Waals surface area contributed by atoms with Gasteiger partial charge in [-0.25, -0.2) is 0 Å². The SMILES string of the molecule is O=C(NC1CCOC1)c1n[nH]c2ccc(Br)cc12. The van der Waals surface area contributed by atoms with Gasteiger partial charge in [0, 0.05) is 16.5 Å². The highest BCUT2D eigenvalue weighted by Gasteiger charge is 2.21. The van der Waals surface area contributed by atoms with Crippen LogP contribution in [0, 0.1) is 0 Å². The molecule has 2 heterocycles. The summed E-state index contributed by atoms with van der Waals surface area (Å²) in [5, 5.41) is 10.7. The molecule has 94 valence electrons. The fraction of sp³-hybridized carbons (Fsp3) is 0.333. The van der Waals surface area contributed by atoms with E-state index in [1.165, 1.54) is 0 Å². The van der Waals surface area contributed by atoms with Crippen LogP contribution in [0.2, 0.25) is 0 Å². The van der Waals surface area contributed by atoms with E-state index >= 15 is 0 Å². The highest BCUT2D eigenvalue weighted by Crippen LogP contribution is 2.21. The normalized spacial score (nSPS) is 19.3. The number of fused-ring (bicyclic) bond motifs is 1. The van der Waals surface area contributed by atoms with Gasteiger partial charge in [-0.1, -0.05) is 15.9 Å². The first-order chi connectivity index (χ1) is 8.74. The molecule has 0 spiro atoms. The fourth-order valence-electron chi connectivity index (χ4n) is 2.06. The van der Waals surface area contributed by atoms with E-state index in [0.29, 0.717) is 18.9 Å². The number of benzene rings is 1. The van der Waals surface area contributed by atoms with Crippen LogP contribution in [0.3, 0.4) is 0 Å². The molecule has 1 aromatic carbocycles. The minimum atomic E-state index is -0.158. The van der Waals surface area contributed by atoms with Gasteiger partial charge in [-0.15, -0.1) is 0 Å². The summed E-state index contributed by atoms with van der Waals surface area (Å²) < 4.78 is 6.16. The number of ether oxygens (including phenoxy) is 1. The molecule has 18 heavy (non-hydrogen) atoms. The molecule has 1 amide bonds. The maximum Gasteiger partial charge on any atom is 0.272 e. The van der Waals surface area contributed by atoms with Crippen LogP contribution in [0.5, 0.6) is 0 Å². The number of H-pyrrole nitrogens is 1. The molecule has 2 aromatic rings. The number of amides is 1. The van der Waals surface area contributed by atoms with E-state index in [4.69, 9.17) is 4.74 Å². The summed E-state index contributed by atoms with van der Waals surface area (Å²) in [5.41, 5.74) is 1.28. The van der Waals surface area contributed by atoms with Gasteiger partial charge in [0.2, 0.25) is 0 Å². The first kappa shape index (κ1) is 11.7. The lowest BCUT2D eigenvalue weighted by Gasteiger charge is -2.08. The summed E-state index contributed by atoms with van der Waals surface area (Å²) in [6.07, 6.45) is 0.859. The second-order valence-corrected chi connectivity index (χ2v) is 5.21. The molecule has 1 unspecified atom stereocenters. The van der Waals surface area contributed by atoms with Crippen LogP contribution < -0.4 is 5.32 Å². The van der Waals surface area contributed by atoms with Crippen molar-refractivity contribution in [3.63, 3.8) is 0 Å². The molecule has 0 bridgehead atoms. The van der Waals surface area contributed by atoms with Gasteiger partial charge in [-0.3, -0.25) is 9.89 Å². The largest absolute Gasteiger partial charge is 0.379 e. The fourth-order valence-corrected chi connectivity index (χ4v) is 2.42. The summed E-state index contributed by atoms with van der Waals surface area (Å²) in [6, 6.07) is 5.78. The molecule has 6 heteroatoms. The first-order valence-electron chi connectivity index (χ1n) is 5.76. The minimum absolute atomic E-state index is 0.0939. The summed E-state index contributed by atoms with van der Waals surface area (Å²) >= 11 is 3.40. The van der Waals surface area contributed by atoms with Crippen molar-refractivity contribution in [3.05, 3.63) is 28.4 Å². The van der Waals surface area contributed by atoms with Gasteiger partial charge in [0.25, 0.3) is 5.91 Å². The van der Waals surface area contributed by atoms with Crippen LogP contribution in [0.15, 0.2) is 22.7 Å². The Balaban J connectivity index is 1.88. The zero-order valence-corrected chi connectivity index (χ0v) is 11.2. The van der Waals surface area contributed by atoms with E-state index in [1.54, 1.807) is 0 Å². The number of carbonyl (C=O) groups is 1.